The number of hydrogen-bond acceptors (Lipinski definition) is 5. The minimum atomic E-state index is -0.145. The van der Waals surface area contributed by atoms with E-state index < -0.39 is 0 Å². The molecule has 1 heterocycles. The number of aromatic nitrogens is 3. The fourth-order valence-corrected chi connectivity index (χ4v) is 3.18. The van der Waals surface area contributed by atoms with Crippen LogP contribution in [0.15, 0.2) is 0 Å². The van der Waals surface area contributed by atoms with E-state index in [1.807, 2.05) is 0 Å². The van der Waals surface area contributed by atoms with Crippen LogP contribution in [0.1, 0.15) is 73.6 Å². The van der Waals surface area contributed by atoms with E-state index in [1.54, 1.807) is 0 Å². The van der Waals surface area contributed by atoms with Crippen molar-refractivity contribution in [2.24, 2.45) is 11.8 Å². The molecule has 0 aliphatic heterocycles. The van der Waals surface area contributed by atoms with Gasteiger partial charge in [0, 0.05) is 19.0 Å². The number of hydrogen-bond donors (Lipinski definition) is 2. The molecule has 3 aliphatic rings. The predicted octanol–water partition coefficient (Wildman–Crippen LogP) is 2.49. The maximum Gasteiger partial charge on any atom is 0.275 e. The lowest BCUT2D eigenvalue weighted by molar-refractivity contribution is 0.0946. The molecule has 1 aromatic heterocycles. The molecule has 2 N–H and O–H groups in total. The van der Waals surface area contributed by atoms with Gasteiger partial charge in [-0.1, -0.05) is 12.8 Å². The normalized spacial score (nSPS) is 21.4. The van der Waals surface area contributed by atoms with E-state index in [1.165, 1.54) is 38.5 Å². The summed E-state index contributed by atoms with van der Waals surface area (Å²) < 4.78 is 0. The minimum Gasteiger partial charge on any atom is -0.368 e. The fraction of sp³-hybridized carbons (Fsp3) is 0.765. The number of nitrogens with one attached hydrogen (secondary N) is 2. The molecule has 0 bridgehead atoms. The van der Waals surface area contributed by atoms with Gasteiger partial charge < -0.3 is 10.6 Å². The van der Waals surface area contributed by atoms with Crippen LogP contribution in [-0.2, 0) is 0 Å². The van der Waals surface area contributed by atoms with E-state index in [2.05, 4.69) is 25.8 Å². The molecule has 0 radical (unpaired) electrons. The van der Waals surface area contributed by atoms with Crippen LogP contribution in [0.4, 0.5) is 5.82 Å². The molecule has 3 aliphatic carbocycles. The highest BCUT2D eigenvalue weighted by Gasteiger charge is 2.27. The van der Waals surface area contributed by atoms with Crippen molar-refractivity contribution >= 4 is 11.7 Å². The Morgan fingerprint density at radius 2 is 1.65 bits per heavy atom. The first-order valence-electron chi connectivity index (χ1n) is 9.06. The van der Waals surface area contributed by atoms with E-state index in [0.717, 1.165) is 37.7 Å². The lowest BCUT2D eigenvalue weighted by Gasteiger charge is -2.13. The zero-order valence-electron chi connectivity index (χ0n) is 13.6. The summed E-state index contributed by atoms with van der Waals surface area (Å²) in [5.41, 5.74) is 0.355. The average molecular weight is 315 g/mol. The Hall–Kier alpha value is -1.72. The Kier molecular flexibility index (Phi) is 4.14. The number of rotatable bonds is 7. The third-order valence-corrected chi connectivity index (χ3v) is 5.14. The van der Waals surface area contributed by atoms with Gasteiger partial charge in [-0.25, -0.2) is 4.98 Å². The van der Waals surface area contributed by atoms with Crippen molar-refractivity contribution in [2.75, 3.05) is 18.4 Å². The van der Waals surface area contributed by atoms with Gasteiger partial charge in [0.15, 0.2) is 17.3 Å². The molecule has 0 atom stereocenters. The summed E-state index contributed by atoms with van der Waals surface area (Å²) in [7, 11) is 0. The molecule has 0 aromatic carbocycles. The SMILES string of the molecule is O=C(NCC1CC1)c1nnc(C2CCCC2)nc1NCC1CC1. The van der Waals surface area contributed by atoms with Gasteiger partial charge in [-0.2, -0.15) is 0 Å². The first kappa shape index (κ1) is 14.8. The maximum absolute atomic E-state index is 12.4. The van der Waals surface area contributed by atoms with E-state index in [0.29, 0.717) is 23.3 Å². The number of amides is 1. The monoisotopic (exact) mass is 315 g/mol. The van der Waals surface area contributed by atoms with Crippen LogP contribution in [-0.4, -0.2) is 34.2 Å². The highest BCUT2D eigenvalue weighted by molar-refractivity contribution is 5.96. The van der Waals surface area contributed by atoms with Crippen LogP contribution in [0.5, 0.6) is 0 Å². The van der Waals surface area contributed by atoms with Crippen LogP contribution in [0.2, 0.25) is 0 Å². The fourth-order valence-electron chi connectivity index (χ4n) is 3.18. The van der Waals surface area contributed by atoms with Crippen molar-refractivity contribution in [3.05, 3.63) is 11.5 Å². The molecule has 4 rings (SSSR count). The summed E-state index contributed by atoms with van der Waals surface area (Å²) >= 11 is 0. The van der Waals surface area contributed by atoms with E-state index in [-0.39, 0.29) is 5.91 Å². The molecule has 0 spiro atoms. The smallest absolute Gasteiger partial charge is 0.275 e. The molecule has 124 valence electrons. The summed E-state index contributed by atoms with van der Waals surface area (Å²) in [6.07, 6.45) is 9.72. The van der Waals surface area contributed by atoms with Crippen molar-refractivity contribution in [1.82, 2.24) is 20.5 Å². The topological polar surface area (TPSA) is 79.8 Å². The second-order valence-corrected chi connectivity index (χ2v) is 7.33. The molecule has 3 saturated carbocycles. The molecule has 0 unspecified atom stereocenters. The van der Waals surface area contributed by atoms with Crippen LogP contribution in [0, 0.1) is 11.8 Å². The van der Waals surface area contributed by atoms with Gasteiger partial charge >= 0.3 is 0 Å². The van der Waals surface area contributed by atoms with Gasteiger partial charge in [0.2, 0.25) is 0 Å². The third-order valence-electron chi connectivity index (χ3n) is 5.14. The first-order valence-corrected chi connectivity index (χ1v) is 9.06. The summed E-state index contributed by atoms with van der Waals surface area (Å²) in [5.74, 6) is 3.07. The Morgan fingerprint density at radius 1 is 0.957 bits per heavy atom. The zero-order valence-corrected chi connectivity index (χ0v) is 13.6. The summed E-state index contributed by atoms with van der Waals surface area (Å²) in [6, 6.07) is 0. The summed E-state index contributed by atoms with van der Waals surface area (Å²) in [6.45, 7) is 1.62. The van der Waals surface area contributed by atoms with Gasteiger partial charge in [-0.15, -0.1) is 10.2 Å². The second-order valence-electron chi connectivity index (χ2n) is 7.33. The van der Waals surface area contributed by atoms with Crippen molar-refractivity contribution < 1.29 is 4.79 Å². The van der Waals surface area contributed by atoms with Crippen molar-refractivity contribution in [3.63, 3.8) is 0 Å². The Balaban J connectivity index is 1.50. The number of anilines is 1. The number of carbonyl (C=O) groups excluding carboxylic acids is 1. The molecular weight excluding hydrogens is 290 g/mol. The van der Waals surface area contributed by atoms with Crippen molar-refractivity contribution in [3.8, 4) is 0 Å². The number of carbonyl (C=O) groups is 1. The Bertz CT molecular complexity index is 576. The molecule has 0 saturated heterocycles. The molecule has 3 fully saturated rings. The van der Waals surface area contributed by atoms with Gasteiger partial charge in [0.05, 0.1) is 0 Å². The quantitative estimate of drug-likeness (QED) is 0.808. The van der Waals surface area contributed by atoms with Gasteiger partial charge in [0.1, 0.15) is 0 Å². The van der Waals surface area contributed by atoms with Crippen LogP contribution in [0.25, 0.3) is 0 Å². The van der Waals surface area contributed by atoms with Gasteiger partial charge in [0.25, 0.3) is 5.91 Å². The van der Waals surface area contributed by atoms with Crippen LogP contribution >= 0.6 is 0 Å². The van der Waals surface area contributed by atoms with Crippen LogP contribution < -0.4 is 10.6 Å². The van der Waals surface area contributed by atoms with Gasteiger partial charge in [-0.3, -0.25) is 4.79 Å². The highest BCUT2D eigenvalue weighted by atomic mass is 16.2. The third kappa shape index (κ3) is 3.79. The summed E-state index contributed by atoms with van der Waals surface area (Å²) in [4.78, 5) is 17.1. The molecule has 23 heavy (non-hydrogen) atoms. The summed E-state index contributed by atoms with van der Waals surface area (Å²) in [5, 5.41) is 14.8. The zero-order chi connectivity index (χ0) is 15.6. The second kappa shape index (κ2) is 6.42. The lowest BCUT2D eigenvalue weighted by atomic mass is 10.1. The predicted molar refractivity (Wildman–Crippen MR) is 87.3 cm³/mol. The van der Waals surface area contributed by atoms with Crippen molar-refractivity contribution in [2.45, 2.75) is 57.3 Å². The van der Waals surface area contributed by atoms with Crippen molar-refractivity contribution in [1.29, 1.82) is 0 Å². The van der Waals surface area contributed by atoms with E-state index in [9.17, 15) is 4.79 Å². The number of nitrogens with zero attached hydrogens (tertiary/aromatic N) is 3. The standard InChI is InChI=1S/C17H25N5O/c23-17(19-10-12-7-8-12)14-16(18-9-11-5-6-11)20-15(22-21-14)13-3-1-2-4-13/h11-13H,1-10H2,(H,19,23)(H,18,20,22). The molecular formula is C17H25N5O. The average Bonchev–Trinajstić information content (AvgIpc) is 3.50. The minimum absolute atomic E-state index is 0.145. The lowest BCUT2D eigenvalue weighted by Crippen LogP contribution is -2.29. The van der Waals surface area contributed by atoms with E-state index >= 15 is 0 Å². The maximum atomic E-state index is 12.4. The van der Waals surface area contributed by atoms with E-state index in [4.69, 9.17) is 0 Å². The molecule has 6 heteroatoms. The largest absolute Gasteiger partial charge is 0.368 e. The highest BCUT2D eigenvalue weighted by Crippen LogP contribution is 2.33. The van der Waals surface area contributed by atoms with Gasteiger partial charge in [-0.05, 0) is 50.4 Å². The Labute approximate surface area is 136 Å². The Morgan fingerprint density at radius 3 is 2.35 bits per heavy atom. The molecule has 1 aromatic rings. The first-order chi connectivity index (χ1) is 11.3. The molecule has 6 nitrogen and oxygen atoms in total. The van der Waals surface area contributed by atoms with Crippen LogP contribution in [0.3, 0.4) is 0 Å². The molecule has 1 amide bonds.